The number of likely N-dealkylation sites (N-methyl/N-ethyl adjacent to an activating group) is 1. The van der Waals surface area contributed by atoms with Gasteiger partial charge in [0.05, 0.1) is 5.75 Å². The lowest BCUT2D eigenvalue weighted by Gasteiger charge is -2.49. The van der Waals surface area contributed by atoms with E-state index in [2.05, 4.69) is 31.3 Å². The van der Waals surface area contributed by atoms with Crippen molar-refractivity contribution in [2.75, 3.05) is 26.1 Å². The molecule has 5 nitrogen and oxygen atoms in total. The fraction of sp³-hybridized carbons (Fsp3) is 1.00. The van der Waals surface area contributed by atoms with E-state index in [0.29, 0.717) is 6.42 Å². The second-order valence-corrected chi connectivity index (χ2v) is 8.58. The van der Waals surface area contributed by atoms with E-state index in [1.54, 1.807) is 0 Å². The van der Waals surface area contributed by atoms with Crippen LogP contribution in [0.1, 0.15) is 39.0 Å². The summed E-state index contributed by atoms with van der Waals surface area (Å²) in [4.78, 5) is 2.23. The Morgan fingerprint density at radius 1 is 1.37 bits per heavy atom. The van der Waals surface area contributed by atoms with Crippen molar-refractivity contribution in [1.82, 2.24) is 10.3 Å². The zero-order chi connectivity index (χ0) is 14.7. The topological polar surface area (TPSA) is 75.4 Å². The van der Waals surface area contributed by atoms with Crippen molar-refractivity contribution in [1.29, 1.82) is 0 Å². The van der Waals surface area contributed by atoms with Crippen molar-refractivity contribution in [2.24, 2.45) is 11.8 Å². The van der Waals surface area contributed by atoms with Crippen LogP contribution in [0, 0.1) is 5.92 Å². The summed E-state index contributed by atoms with van der Waals surface area (Å²) in [6.45, 7) is 2.28. The van der Waals surface area contributed by atoms with Crippen LogP contribution >= 0.6 is 0 Å². The van der Waals surface area contributed by atoms with E-state index in [-0.39, 0.29) is 17.3 Å². The number of hydrogen-bond donors (Lipinski definition) is 2. The number of hydrogen-bond acceptors (Lipinski definition) is 5. The van der Waals surface area contributed by atoms with Crippen molar-refractivity contribution >= 4 is 9.84 Å². The molecule has 1 fully saturated rings. The summed E-state index contributed by atoms with van der Waals surface area (Å²) in [5.41, 5.74) is 2.85. The molecule has 0 aliphatic heterocycles. The Morgan fingerprint density at radius 3 is 2.26 bits per heavy atom. The molecular formula is C13H29N3O2S. The van der Waals surface area contributed by atoms with Gasteiger partial charge in [0.2, 0.25) is 0 Å². The van der Waals surface area contributed by atoms with E-state index in [4.69, 9.17) is 5.84 Å². The predicted octanol–water partition coefficient (Wildman–Crippen LogP) is 0.764. The summed E-state index contributed by atoms with van der Waals surface area (Å²) < 4.78 is 22.8. The number of rotatable bonds is 6. The van der Waals surface area contributed by atoms with Gasteiger partial charge in [0.1, 0.15) is 9.84 Å². The number of nitrogens with zero attached hydrogens (tertiary/aromatic N) is 1. The van der Waals surface area contributed by atoms with E-state index >= 15 is 0 Å². The number of sulfone groups is 1. The van der Waals surface area contributed by atoms with Gasteiger partial charge in [-0.2, -0.15) is 0 Å². The number of nitrogens with one attached hydrogen (secondary N) is 1. The van der Waals surface area contributed by atoms with Crippen molar-refractivity contribution in [3.05, 3.63) is 0 Å². The van der Waals surface area contributed by atoms with Gasteiger partial charge in [0, 0.05) is 17.8 Å². The summed E-state index contributed by atoms with van der Waals surface area (Å²) in [7, 11) is 1.20. The SMILES string of the molecule is CC1CCC(C(CCS(C)(=O)=O)NN)(N(C)C)CC1. The molecule has 19 heavy (non-hydrogen) atoms. The highest BCUT2D eigenvalue weighted by atomic mass is 32.2. The Hall–Kier alpha value is -0.170. The first-order chi connectivity index (χ1) is 8.71. The third-order valence-corrected chi connectivity index (χ3v) is 5.64. The second-order valence-electron chi connectivity index (χ2n) is 6.32. The highest BCUT2D eigenvalue weighted by molar-refractivity contribution is 7.90. The molecule has 1 aliphatic rings. The third kappa shape index (κ3) is 4.41. The standard InChI is InChI=1S/C13H29N3O2S/c1-11-5-8-13(9-6-11,16(2)3)12(15-14)7-10-19(4,17)18/h11-12,15H,5-10,14H2,1-4H3. The molecule has 0 bridgehead atoms. The van der Waals surface area contributed by atoms with Gasteiger partial charge < -0.3 is 4.90 Å². The molecule has 0 radical (unpaired) electrons. The van der Waals surface area contributed by atoms with Crippen LogP contribution in [0.2, 0.25) is 0 Å². The maximum absolute atomic E-state index is 11.4. The largest absolute Gasteiger partial charge is 0.302 e. The van der Waals surface area contributed by atoms with Gasteiger partial charge in [-0.15, -0.1) is 0 Å². The third-order valence-electron chi connectivity index (χ3n) is 4.66. The first-order valence-electron chi connectivity index (χ1n) is 7.02. The fourth-order valence-electron chi connectivity index (χ4n) is 3.21. The van der Waals surface area contributed by atoms with Crippen molar-refractivity contribution in [3.8, 4) is 0 Å². The van der Waals surface area contributed by atoms with Gasteiger partial charge in [-0.25, -0.2) is 8.42 Å². The van der Waals surface area contributed by atoms with E-state index in [1.165, 1.54) is 19.1 Å². The normalized spacial score (nSPS) is 30.5. The Labute approximate surface area is 117 Å². The highest BCUT2D eigenvalue weighted by Crippen LogP contribution is 2.38. The van der Waals surface area contributed by atoms with Crippen molar-refractivity contribution in [2.45, 2.75) is 50.6 Å². The summed E-state index contributed by atoms with van der Waals surface area (Å²) in [5, 5.41) is 0. The van der Waals surface area contributed by atoms with Crippen LogP contribution in [-0.2, 0) is 9.84 Å². The molecule has 0 saturated heterocycles. The Morgan fingerprint density at radius 2 is 1.89 bits per heavy atom. The van der Waals surface area contributed by atoms with Crippen LogP contribution in [0.5, 0.6) is 0 Å². The van der Waals surface area contributed by atoms with E-state index in [1.807, 2.05) is 0 Å². The summed E-state index contributed by atoms with van der Waals surface area (Å²) >= 11 is 0. The molecule has 0 aromatic rings. The number of hydrazine groups is 1. The summed E-state index contributed by atoms with van der Waals surface area (Å²) in [6, 6.07) is 0.0183. The minimum atomic E-state index is -2.95. The molecule has 1 rings (SSSR count). The molecule has 0 aromatic carbocycles. The Kier molecular flexibility index (Phi) is 5.79. The minimum absolute atomic E-state index is 0.0183. The van der Waals surface area contributed by atoms with Gasteiger partial charge >= 0.3 is 0 Å². The number of nitrogens with two attached hydrogens (primary N) is 1. The lowest BCUT2D eigenvalue weighted by atomic mass is 9.71. The molecule has 1 saturated carbocycles. The molecule has 1 unspecified atom stereocenters. The first kappa shape index (κ1) is 16.9. The predicted molar refractivity (Wildman–Crippen MR) is 79.5 cm³/mol. The second kappa shape index (κ2) is 6.52. The van der Waals surface area contributed by atoms with E-state index < -0.39 is 9.84 Å². The van der Waals surface area contributed by atoms with Gasteiger partial charge in [-0.3, -0.25) is 11.3 Å². The highest BCUT2D eigenvalue weighted by Gasteiger charge is 2.42. The van der Waals surface area contributed by atoms with Crippen LogP contribution in [0.4, 0.5) is 0 Å². The average Bonchev–Trinajstić information content (AvgIpc) is 2.30. The van der Waals surface area contributed by atoms with Gasteiger partial charge in [-0.05, 0) is 52.1 Å². The molecule has 0 spiro atoms. The van der Waals surface area contributed by atoms with Crippen LogP contribution in [-0.4, -0.2) is 51.0 Å². The molecule has 6 heteroatoms. The smallest absolute Gasteiger partial charge is 0.147 e. The maximum Gasteiger partial charge on any atom is 0.147 e. The fourth-order valence-corrected chi connectivity index (χ4v) is 3.87. The van der Waals surface area contributed by atoms with E-state index in [9.17, 15) is 8.42 Å². The molecule has 0 amide bonds. The molecule has 0 aromatic heterocycles. The van der Waals surface area contributed by atoms with Crippen LogP contribution in [0.15, 0.2) is 0 Å². The van der Waals surface area contributed by atoms with Gasteiger partial charge in [0.25, 0.3) is 0 Å². The van der Waals surface area contributed by atoms with Gasteiger partial charge in [0.15, 0.2) is 0 Å². The van der Waals surface area contributed by atoms with Crippen LogP contribution in [0.3, 0.4) is 0 Å². The average molecular weight is 291 g/mol. The molecule has 1 atom stereocenters. The monoisotopic (exact) mass is 291 g/mol. The Balaban J connectivity index is 2.83. The molecule has 114 valence electrons. The summed E-state index contributed by atoms with van der Waals surface area (Å²) in [5.74, 6) is 6.66. The van der Waals surface area contributed by atoms with E-state index in [0.717, 1.165) is 18.8 Å². The summed E-state index contributed by atoms with van der Waals surface area (Å²) in [6.07, 6.45) is 6.35. The maximum atomic E-state index is 11.4. The Bertz CT molecular complexity index is 373. The van der Waals surface area contributed by atoms with Crippen LogP contribution in [0.25, 0.3) is 0 Å². The zero-order valence-corrected chi connectivity index (χ0v) is 13.5. The molecular weight excluding hydrogens is 262 g/mol. The molecule has 0 heterocycles. The molecule has 1 aliphatic carbocycles. The first-order valence-corrected chi connectivity index (χ1v) is 9.08. The van der Waals surface area contributed by atoms with Crippen molar-refractivity contribution in [3.63, 3.8) is 0 Å². The van der Waals surface area contributed by atoms with Crippen LogP contribution < -0.4 is 11.3 Å². The molecule has 3 N–H and O–H groups in total. The zero-order valence-electron chi connectivity index (χ0n) is 12.6. The lowest BCUT2D eigenvalue weighted by Crippen LogP contribution is -2.62. The van der Waals surface area contributed by atoms with Crippen molar-refractivity contribution < 1.29 is 8.42 Å². The lowest BCUT2D eigenvalue weighted by molar-refractivity contribution is 0.0423. The minimum Gasteiger partial charge on any atom is -0.302 e. The quantitative estimate of drug-likeness (QED) is 0.558. The van der Waals surface area contributed by atoms with Gasteiger partial charge in [-0.1, -0.05) is 6.92 Å².